The van der Waals surface area contributed by atoms with Gasteiger partial charge in [0.15, 0.2) is 0 Å². The van der Waals surface area contributed by atoms with E-state index in [1.54, 1.807) is 0 Å². The Morgan fingerprint density at radius 3 is 2.75 bits per heavy atom. The molecule has 0 unspecified atom stereocenters. The van der Waals surface area contributed by atoms with Crippen LogP contribution >= 0.6 is 0 Å². The molecule has 0 aliphatic heterocycles. The number of carbonyl (C=O) groups excluding carboxylic acids is 1. The zero-order valence-corrected chi connectivity index (χ0v) is 13.5. The number of nitrogens with zero attached hydrogens (tertiary/aromatic N) is 2. The number of aromatic nitrogens is 2. The Morgan fingerprint density at radius 2 is 2.21 bits per heavy atom. The van der Waals surface area contributed by atoms with Crippen molar-refractivity contribution in [3.63, 3.8) is 0 Å². The lowest BCUT2D eigenvalue weighted by atomic mass is 9.85. The van der Waals surface area contributed by atoms with Gasteiger partial charge in [-0.3, -0.25) is 4.79 Å². The first kappa shape index (κ1) is 18.7. The van der Waals surface area contributed by atoms with Crippen molar-refractivity contribution in [1.29, 1.82) is 0 Å². The first-order chi connectivity index (χ1) is 11.1. The van der Waals surface area contributed by atoms with E-state index in [9.17, 15) is 23.1 Å². The summed E-state index contributed by atoms with van der Waals surface area (Å²) in [6.45, 7) is -0.298. The van der Waals surface area contributed by atoms with Crippen LogP contribution in [0.25, 0.3) is 0 Å². The van der Waals surface area contributed by atoms with Crippen LogP contribution in [0.4, 0.5) is 13.2 Å². The highest BCUT2D eigenvalue weighted by molar-refractivity contribution is 5.78. The fourth-order valence-electron chi connectivity index (χ4n) is 3.12. The van der Waals surface area contributed by atoms with Crippen LogP contribution in [0.2, 0.25) is 0 Å². The maximum Gasteiger partial charge on any atom is 0.424 e. The quantitative estimate of drug-likeness (QED) is 0.745. The molecule has 1 aromatic rings. The molecule has 0 radical (unpaired) electrons. The van der Waals surface area contributed by atoms with Crippen molar-refractivity contribution in [3.05, 3.63) is 18.2 Å². The van der Waals surface area contributed by atoms with Crippen LogP contribution in [0.15, 0.2) is 12.4 Å². The predicted octanol–water partition coefficient (Wildman–Crippen LogP) is 1.19. The molecule has 9 heteroatoms. The number of carbonyl (C=O) groups is 1. The minimum absolute atomic E-state index is 0.0471. The molecular formula is C15H23F3N4O2. The van der Waals surface area contributed by atoms with Crippen molar-refractivity contribution in [2.45, 2.75) is 49.9 Å². The van der Waals surface area contributed by atoms with Crippen LogP contribution < -0.4 is 11.1 Å². The number of imidazole rings is 1. The highest BCUT2D eigenvalue weighted by Gasteiger charge is 2.57. The molecule has 1 aromatic heterocycles. The molecule has 1 aliphatic carbocycles. The normalized spacial score (nSPS) is 24.4. The Balaban J connectivity index is 1.99. The van der Waals surface area contributed by atoms with Gasteiger partial charge in [0.1, 0.15) is 5.82 Å². The fourth-order valence-corrected chi connectivity index (χ4v) is 3.12. The van der Waals surface area contributed by atoms with E-state index >= 15 is 0 Å². The molecular weight excluding hydrogens is 325 g/mol. The number of nitrogens with one attached hydrogen (secondary N) is 1. The molecule has 3 atom stereocenters. The summed E-state index contributed by atoms with van der Waals surface area (Å²) >= 11 is 0. The average Bonchev–Trinajstić information content (AvgIpc) is 2.92. The van der Waals surface area contributed by atoms with Gasteiger partial charge in [0.25, 0.3) is 0 Å². The summed E-state index contributed by atoms with van der Waals surface area (Å²) < 4.78 is 41.2. The van der Waals surface area contributed by atoms with Gasteiger partial charge in [-0.15, -0.1) is 0 Å². The van der Waals surface area contributed by atoms with Gasteiger partial charge in [0.2, 0.25) is 11.5 Å². The molecule has 24 heavy (non-hydrogen) atoms. The van der Waals surface area contributed by atoms with Gasteiger partial charge >= 0.3 is 6.18 Å². The smallest absolute Gasteiger partial charge is 0.374 e. The zero-order valence-electron chi connectivity index (χ0n) is 13.5. The second-order valence-electron chi connectivity index (χ2n) is 6.38. The minimum Gasteiger partial charge on any atom is -0.374 e. The van der Waals surface area contributed by atoms with Gasteiger partial charge in [0, 0.05) is 44.4 Å². The molecule has 4 N–H and O–H groups in total. The average molecular weight is 348 g/mol. The lowest BCUT2D eigenvalue weighted by Gasteiger charge is -2.30. The zero-order chi connectivity index (χ0) is 18.0. The maximum absolute atomic E-state index is 13.3. The minimum atomic E-state index is -4.90. The summed E-state index contributed by atoms with van der Waals surface area (Å²) in [5, 5.41) is 12.7. The highest BCUT2D eigenvalue weighted by Crippen LogP contribution is 2.40. The first-order valence-corrected chi connectivity index (χ1v) is 7.95. The summed E-state index contributed by atoms with van der Waals surface area (Å²) in [7, 11) is 1.38. The summed E-state index contributed by atoms with van der Waals surface area (Å²) in [5.74, 6) is -1.08. The Bertz CT molecular complexity index is 575. The van der Waals surface area contributed by atoms with E-state index in [0.29, 0.717) is 12.8 Å². The van der Waals surface area contributed by atoms with E-state index in [1.807, 2.05) is 0 Å². The SMILES string of the molecule is Cn1ccnc1[C@](O)(CCNC(=O)[C@@H]1CCC[C@H](N)C1)C(F)(F)F. The van der Waals surface area contributed by atoms with Crippen LogP contribution in [0.3, 0.4) is 0 Å². The first-order valence-electron chi connectivity index (χ1n) is 7.95. The Morgan fingerprint density at radius 1 is 1.50 bits per heavy atom. The molecule has 0 saturated heterocycles. The number of amides is 1. The van der Waals surface area contributed by atoms with Crippen LogP contribution in [0, 0.1) is 5.92 Å². The molecule has 1 heterocycles. The van der Waals surface area contributed by atoms with E-state index in [1.165, 1.54) is 19.4 Å². The molecule has 0 aromatic carbocycles. The topological polar surface area (TPSA) is 93.2 Å². The van der Waals surface area contributed by atoms with E-state index in [4.69, 9.17) is 5.73 Å². The molecule has 1 fully saturated rings. The number of nitrogens with two attached hydrogens (primary N) is 1. The third-order valence-electron chi connectivity index (χ3n) is 4.53. The third kappa shape index (κ3) is 3.89. The van der Waals surface area contributed by atoms with Gasteiger partial charge in [-0.2, -0.15) is 13.2 Å². The van der Waals surface area contributed by atoms with Gasteiger partial charge in [-0.1, -0.05) is 6.42 Å². The molecule has 1 aliphatic rings. The van der Waals surface area contributed by atoms with E-state index in [-0.39, 0.29) is 24.4 Å². The van der Waals surface area contributed by atoms with Crippen LogP contribution in [-0.2, 0) is 17.4 Å². The fraction of sp³-hybridized carbons (Fsp3) is 0.733. The second-order valence-corrected chi connectivity index (χ2v) is 6.38. The number of alkyl halides is 3. The van der Waals surface area contributed by atoms with Crippen LogP contribution in [0.1, 0.15) is 37.9 Å². The van der Waals surface area contributed by atoms with Crippen molar-refractivity contribution in [3.8, 4) is 0 Å². The van der Waals surface area contributed by atoms with Crippen molar-refractivity contribution in [1.82, 2.24) is 14.9 Å². The number of hydrogen-bond donors (Lipinski definition) is 3. The largest absolute Gasteiger partial charge is 0.424 e. The van der Waals surface area contributed by atoms with Gasteiger partial charge in [-0.25, -0.2) is 4.98 Å². The van der Waals surface area contributed by atoms with Crippen molar-refractivity contribution in [2.75, 3.05) is 6.54 Å². The molecule has 1 saturated carbocycles. The Kier molecular flexibility index (Phi) is 5.54. The van der Waals surface area contributed by atoms with Crippen molar-refractivity contribution >= 4 is 5.91 Å². The van der Waals surface area contributed by atoms with Crippen LogP contribution in [0.5, 0.6) is 0 Å². The molecule has 2 rings (SSSR count). The molecule has 0 spiro atoms. The Labute approximate surface area is 138 Å². The van der Waals surface area contributed by atoms with Gasteiger partial charge in [0.05, 0.1) is 0 Å². The van der Waals surface area contributed by atoms with E-state index in [0.717, 1.165) is 17.4 Å². The van der Waals surface area contributed by atoms with Crippen LogP contribution in [-0.4, -0.2) is 39.3 Å². The predicted molar refractivity (Wildman–Crippen MR) is 80.7 cm³/mol. The molecule has 0 bridgehead atoms. The molecule has 6 nitrogen and oxygen atoms in total. The monoisotopic (exact) mass is 348 g/mol. The lowest BCUT2D eigenvalue weighted by Crippen LogP contribution is -2.47. The molecule has 1 amide bonds. The van der Waals surface area contributed by atoms with E-state index in [2.05, 4.69) is 10.3 Å². The van der Waals surface area contributed by atoms with Crippen molar-refractivity contribution < 1.29 is 23.1 Å². The second kappa shape index (κ2) is 7.10. The summed E-state index contributed by atoms with van der Waals surface area (Å²) in [6.07, 6.45) is -0.176. The van der Waals surface area contributed by atoms with Gasteiger partial charge in [-0.05, 0) is 19.3 Å². The standard InChI is InChI=1S/C15H23F3N4O2/c1-22-8-7-21-13(22)14(24,15(16,17)18)5-6-20-12(23)10-3-2-4-11(19)9-10/h7-8,10-11,24H,2-6,9,19H2,1H3,(H,20,23)/t10-,11+,14-/m1/s1. The molecule has 136 valence electrons. The summed E-state index contributed by atoms with van der Waals surface area (Å²) in [4.78, 5) is 15.7. The maximum atomic E-state index is 13.3. The van der Waals surface area contributed by atoms with Crippen molar-refractivity contribution in [2.24, 2.45) is 18.7 Å². The number of halogens is 3. The van der Waals surface area contributed by atoms with Gasteiger partial charge < -0.3 is 20.7 Å². The number of hydrogen-bond acceptors (Lipinski definition) is 4. The highest BCUT2D eigenvalue weighted by atomic mass is 19.4. The van der Waals surface area contributed by atoms with E-state index < -0.39 is 24.0 Å². The summed E-state index contributed by atoms with van der Waals surface area (Å²) in [6, 6.07) is -0.0471. The summed E-state index contributed by atoms with van der Waals surface area (Å²) in [5.41, 5.74) is 2.71. The lowest BCUT2D eigenvalue weighted by molar-refractivity contribution is -0.272. The number of rotatable bonds is 5. The number of aliphatic hydroxyl groups is 1. The number of aryl methyl sites for hydroxylation is 1. The Hall–Kier alpha value is -1.61. The third-order valence-corrected chi connectivity index (χ3v) is 4.53.